The number of benzene rings is 2. The Hall–Kier alpha value is -3.53. The van der Waals surface area contributed by atoms with E-state index in [0.717, 1.165) is 0 Å². The van der Waals surface area contributed by atoms with Gasteiger partial charge in [-0.15, -0.1) is 0 Å². The van der Waals surface area contributed by atoms with Crippen molar-refractivity contribution in [2.75, 3.05) is 13.1 Å². The molecule has 0 bridgehead atoms. The molecule has 0 aliphatic carbocycles. The Morgan fingerprint density at radius 2 is 2.04 bits per heavy atom. The maximum absolute atomic E-state index is 12.8. The van der Waals surface area contributed by atoms with E-state index in [2.05, 4.69) is 34.3 Å². The van der Waals surface area contributed by atoms with Crippen LogP contribution >= 0.6 is 0 Å². The van der Waals surface area contributed by atoms with Crippen LogP contribution in [0.3, 0.4) is 0 Å². The highest BCUT2D eigenvalue weighted by molar-refractivity contribution is 6.10. The van der Waals surface area contributed by atoms with Gasteiger partial charge in [-0.3, -0.25) is 15.1 Å². The van der Waals surface area contributed by atoms with Gasteiger partial charge >= 0.3 is 0 Å². The fourth-order valence-electron chi connectivity index (χ4n) is 2.56. The molecule has 27 heavy (non-hydrogen) atoms. The molecule has 1 aliphatic heterocycles. The molecule has 3 rings (SSSR count). The number of nitrogens with one attached hydrogen (secondary N) is 2. The first kappa shape index (κ1) is 18.3. The topological polar surface area (TPSA) is 87.3 Å². The number of hydrogen-bond donors (Lipinski definition) is 3. The number of rotatable bonds is 3. The average Bonchev–Trinajstić information content (AvgIpc) is 2.64. The van der Waals surface area contributed by atoms with Crippen LogP contribution in [-0.2, 0) is 0 Å². The number of phenolic OH excluding ortho intramolecular Hbond substituents is 1. The average molecular weight is 364 g/mol. The summed E-state index contributed by atoms with van der Waals surface area (Å²) in [5, 5.41) is 16.0. The van der Waals surface area contributed by atoms with Crippen LogP contribution in [0, 0.1) is 12.0 Å². The number of hydrogen-bond acceptors (Lipinski definition) is 5. The minimum Gasteiger partial charge on any atom is -0.507 e. The molecule has 1 amide bonds. The van der Waals surface area contributed by atoms with Gasteiger partial charge in [-0.25, -0.2) is 4.85 Å². The summed E-state index contributed by atoms with van der Waals surface area (Å²) in [6.07, 6.45) is 0. The zero-order valence-corrected chi connectivity index (χ0v) is 15.1. The van der Waals surface area contributed by atoms with E-state index in [-0.39, 0.29) is 28.2 Å². The van der Waals surface area contributed by atoms with Gasteiger partial charge in [0.15, 0.2) is 11.7 Å². The second kappa shape index (κ2) is 7.38. The fourth-order valence-corrected chi connectivity index (χ4v) is 2.56. The van der Waals surface area contributed by atoms with Crippen LogP contribution in [0.5, 0.6) is 17.2 Å². The number of ether oxygens (including phenoxy) is 1. The zero-order chi connectivity index (χ0) is 19.4. The molecule has 0 spiro atoms. The molecule has 0 atom stereocenters. The van der Waals surface area contributed by atoms with Crippen molar-refractivity contribution in [2.45, 2.75) is 13.8 Å². The molecule has 0 fully saturated rings. The van der Waals surface area contributed by atoms with E-state index >= 15 is 0 Å². The van der Waals surface area contributed by atoms with Crippen molar-refractivity contribution in [3.05, 3.63) is 59.4 Å². The number of aliphatic imine (C=N–C) groups is 1. The molecule has 0 saturated carbocycles. The van der Waals surface area contributed by atoms with Gasteiger partial charge in [0.25, 0.3) is 5.91 Å². The third kappa shape index (κ3) is 4.18. The Morgan fingerprint density at radius 1 is 1.30 bits per heavy atom. The van der Waals surface area contributed by atoms with E-state index < -0.39 is 5.91 Å². The summed E-state index contributed by atoms with van der Waals surface area (Å²) < 4.78 is 5.76. The predicted octanol–water partition coefficient (Wildman–Crippen LogP) is 3.45. The quantitative estimate of drug-likeness (QED) is 0.728. The SMILES string of the molecule is [C-]#[N+]c1ccc(O)c(C(=O)NC2=NCC(C)(C)CN2)c1Oc1ccccc1. The monoisotopic (exact) mass is 364 g/mol. The zero-order valence-electron chi connectivity index (χ0n) is 15.1. The predicted molar refractivity (Wildman–Crippen MR) is 102 cm³/mol. The van der Waals surface area contributed by atoms with Crippen LogP contribution in [-0.4, -0.2) is 30.1 Å². The second-order valence-electron chi connectivity index (χ2n) is 6.97. The molecule has 0 radical (unpaired) electrons. The molecule has 3 N–H and O–H groups in total. The Labute approximate surface area is 157 Å². The largest absolute Gasteiger partial charge is 0.507 e. The first-order valence-electron chi connectivity index (χ1n) is 8.46. The van der Waals surface area contributed by atoms with E-state index in [0.29, 0.717) is 24.8 Å². The number of amides is 1. The van der Waals surface area contributed by atoms with Crippen LogP contribution in [0.15, 0.2) is 47.5 Å². The summed E-state index contributed by atoms with van der Waals surface area (Å²) in [7, 11) is 0. The molecule has 0 aromatic heterocycles. The summed E-state index contributed by atoms with van der Waals surface area (Å²) in [5.74, 6) is -0.0857. The number of para-hydroxylation sites is 1. The lowest BCUT2D eigenvalue weighted by Gasteiger charge is -2.29. The van der Waals surface area contributed by atoms with Crippen LogP contribution in [0.2, 0.25) is 0 Å². The number of carbonyl (C=O) groups is 1. The lowest BCUT2D eigenvalue weighted by atomic mass is 9.93. The van der Waals surface area contributed by atoms with Crippen molar-refractivity contribution in [3.63, 3.8) is 0 Å². The van der Waals surface area contributed by atoms with Crippen LogP contribution in [0.4, 0.5) is 5.69 Å². The molecule has 0 unspecified atom stereocenters. The molecular formula is C20H20N4O3. The molecule has 2 aromatic carbocycles. The van der Waals surface area contributed by atoms with Gasteiger partial charge < -0.3 is 15.2 Å². The maximum atomic E-state index is 12.8. The maximum Gasteiger partial charge on any atom is 0.264 e. The summed E-state index contributed by atoms with van der Waals surface area (Å²) in [4.78, 5) is 20.5. The van der Waals surface area contributed by atoms with Gasteiger partial charge in [-0.2, -0.15) is 0 Å². The molecule has 138 valence electrons. The second-order valence-corrected chi connectivity index (χ2v) is 6.97. The Balaban J connectivity index is 1.93. The summed E-state index contributed by atoms with van der Waals surface area (Å²) in [6, 6.07) is 11.5. The number of carbonyl (C=O) groups excluding carboxylic acids is 1. The summed E-state index contributed by atoms with van der Waals surface area (Å²) >= 11 is 0. The third-order valence-corrected chi connectivity index (χ3v) is 4.06. The normalized spacial score (nSPS) is 15.1. The molecule has 1 aliphatic rings. The van der Waals surface area contributed by atoms with E-state index in [1.807, 2.05) is 6.07 Å². The number of aromatic hydroxyl groups is 1. The Bertz CT molecular complexity index is 930. The van der Waals surface area contributed by atoms with Gasteiger partial charge in [0, 0.05) is 18.5 Å². The smallest absolute Gasteiger partial charge is 0.264 e. The van der Waals surface area contributed by atoms with Crippen molar-refractivity contribution in [3.8, 4) is 17.2 Å². The molecule has 0 saturated heterocycles. The lowest BCUT2D eigenvalue weighted by Crippen LogP contribution is -2.49. The molecule has 7 heteroatoms. The molecular weight excluding hydrogens is 344 g/mol. The van der Waals surface area contributed by atoms with Gasteiger partial charge in [0.1, 0.15) is 17.1 Å². The standard InChI is InChI=1S/C20H20N4O3/c1-20(2)11-22-19(23-12-20)24-18(26)16-15(25)10-9-14(21-3)17(16)27-13-7-5-4-6-8-13/h4-10,25H,11-12H2,1-2H3,(H2,22,23,24,26). The summed E-state index contributed by atoms with van der Waals surface area (Å²) in [6.45, 7) is 12.7. The minimum atomic E-state index is -0.602. The highest BCUT2D eigenvalue weighted by Crippen LogP contribution is 2.40. The van der Waals surface area contributed by atoms with Gasteiger partial charge in [-0.05, 0) is 24.3 Å². The van der Waals surface area contributed by atoms with Crippen molar-refractivity contribution >= 4 is 17.6 Å². The minimum absolute atomic E-state index is 0.00195. The first-order chi connectivity index (χ1) is 12.9. The molecule has 7 nitrogen and oxygen atoms in total. The van der Waals surface area contributed by atoms with Gasteiger partial charge in [-0.1, -0.05) is 32.0 Å². The highest BCUT2D eigenvalue weighted by Gasteiger charge is 2.26. The Morgan fingerprint density at radius 3 is 2.67 bits per heavy atom. The van der Waals surface area contributed by atoms with Gasteiger partial charge in [0.2, 0.25) is 5.69 Å². The van der Waals surface area contributed by atoms with Crippen LogP contribution < -0.4 is 15.4 Å². The van der Waals surface area contributed by atoms with Gasteiger partial charge in [0.05, 0.1) is 6.57 Å². The van der Waals surface area contributed by atoms with E-state index in [1.165, 1.54) is 12.1 Å². The first-order valence-corrected chi connectivity index (χ1v) is 8.46. The van der Waals surface area contributed by atoms with E-state index in [9.17, 15) is 9.90 Å². The molecule has 2 aromatic rings. The van der Waals surface area contributed by atoms with E-state index in [1.54, 1.807) is 24.3 Å². The lowest BCUT2D eigenvalue weighted by molar-refractivity contribution is 0.0969. The highest BCUT2D eigenvalue weighted by atomic mass is 16.5. The van der Waals surface area contributed by atoms with Crippen molar-refractivity contribution in [2.24, 2.45) is 10.4 Å². The summed E-state index contributed by atoms with van der Waals surface area (Å²) in [5.41, 5.74) is 0.0188. The van der Waals surface area contributed by atoms with Crippen molar-refractivity contribution in [1.82, 2.24) is 10.6 Å². The molecule has 1 heterocycles. The van der Waals surface area contributed by atoms with Crippen LogP contribution in [0.25, 0.3) is 4.85 Å². The van der Waals surface area contributed by atoms with Crippen molar-refractivity contribution in [1.29, 1.82) is 0 Å². The third-order valence-electron chi connectivity index (χ3n) is 4.06. The number of phenols is 1. The van der Waals surface area contributed by atoms with Crippen molar-refractivity contribution < 1.29 is 14.6 Å². The Kier molecular flexibility index (Phi) is 4.99. The van der Waals surface area contributed by atoms with E-state index in [4.69, 9.17) is 11.3 Å². The fraction of sp³-hybridized carbons (Fsp3) is 0.250. The number of nitrogens with zero attached hydrogens (tertiary/aromatic N) is 2. The number of guanidine groups is 1. The van der Waals surface area contributed by atoms with Crippen LogP contribution in [0.1, 0.15) is 24.2 Å².